The number of hydrogen-bond donors (Lipinski definition) is 0. The zero-order valence-corrected chi connectivity index (χ0v) is 39.2. The van der Waals surface area contributed by atoms with Crippen LogP contribution in [0.2, 0.25) is 0 Å². The third-order valence-electron chi connectivity index (χ3n) is 10.5. The Balaban J connectivity index is 4.41. The summed E-state index contributed by atoms with van der Waals surface area (Å²) < 4.78 is 16.7. The Hall–Kier alpha value is -3.15. The van der Waals surface area contributed by atoms with Crippen molar-refractivity contribution in [2.24, 2.45) is 0 Å². The Morgan fingerprint density at radius 1 is 0.350 bits per heavy atom. The van der Waals surface area contributed by atoms with Crippen LogP contribution in [0.4, 0.5) is 0 Å². The summed E-state index contributed by atoms with van der Waals surface area (Å²) in [5.41, 5.74) is 0. The number of hydrogen-bond acceptors (Lipinski definition) is 6. The van der Waals surface area contributed by atoms with E-state index in [9.17, 15) is 14.4 Å². The highest BCUT2D eigenvalue weighted by Gasteiger charge is 2.19. The van der Waals surface area contributed by atoms with Gasteiger partial charge in [-0.25, -0.2) is 0 Å². The third kappa shape index (κ3) is 45.9. The lowest BCUT2D eigenvalue weighted by Crippen LogP contribution is -2.30. The molecule has 0 spiro atoms. The minimum absolute atomic E-state index is 0.0987. The molecule has 0 aliphatic carbocycles. The van der Waals surface area contributed by atoms with Gasteiger partial charge in [0.2, 0.25) is 0 Å². The van der Waals surface area contributed by atoms with Gasteiger partial charge in [0.25, 0.3) is 0 Å². The van der Waals surface area contributed by atoms with Gasteiger partial charge in [-0.2, -0.15) is 0 Å². The first-order chi connectivity index (χ1) is 29.5. The lowest BCUT2D eigenvalue weighted by molar-refractivity contribution is -0.167. The minimum atomic E-state index is -0.801. The predicted molar refractivity (Wildman–Crippen MR) is 256 cm³/mol. The number of rotatable bonds is 44. The molecule has 1 unspecified atom stereocenters. The number of carbonyl (C=O) groups excluding carboxylic acids is 3. The highest BCUT2D eigenvalue weighted by Crippen LogP contribution is 2.14. The molecule has 0 aliphatic heterocycles. The molecule has 6 nitrogen and oxygen atoms in total. The normalized spacial score (nSPS) is 12.7. The van der Waals surface area contributed by atoms with Gasteiger partial charge in [0.1, 0.15) is 13.2 Å². The third-order valence-corrected chi connectivity index (χ3v) is 10.5. The summed E-state index contributed by atoms with van der Waals surface area (Å²) in [6, 6.07) is 0. The summed E-state index contributed by atoms with van der Waals surface area (Å²) in [6.07, 6.45) is 60.3. The molecule has 6 heteroatoms. The van der Waals surface area contributed by atoms with Crippen LogP contribution in [0.3, 0.4) is 0 Å². The molecule has 1 atom stereocenters. The topological polar surface area (TPSA) is 78.9 Å². The summed E-state index contributed by atoms with van der Waals surface area (Å²) in [6.45, 7) is 6.41. The van der Waals surface area contributed by atoms with Crippen molar-refractivity contribution in [3.63, 3.8) is 0 Å². The van der Waals surface area contributed by atoms with E-state index in [0.29, 0.717) is 19.3 Å². The molecule has 0 aromatic heterocycles. The summed E-state index contributed by atoms with van der Waals surface area (Å²) in [5, 5.41) is 0. The van der Waals surface area contributed by atoms with E-state index in [1.54, 1.807) is 0 Å². The Bertz CT molecular complexity index is 1140. The Morgan fingerprint density at radius 3 is 1.13 bits per heavy atom. The maximum absolute atomic E-state index is 12.7. The van der Waals surface area contributed by atoms with Crippen molar-refractivity contribution in [3.05, 3.63) is 72.9 Å². The summed E-state index contributed by atoms with van der Waals surface area (Å²) >= 11 is 0. The number of esters is 3. The van der Waals surface area contributed by atoms with Crippen molar-refractivity contribution in [2.75, 3.05) is 13.2 Å². The highest BCUT2D eigenvalue weighted by molar-refractivity contribution is 5.71. The molecule has 0 saturated heterocycles. The van der Waals surface area contributed by atoms with Crippen molar-refractivity contribution in [3.8, 4) is 0 Å². The first kappa shape index (κ1) is 56.9. The summed E-state index contributed by atoms with van der Waals surface area (Å²) in [7, 11) is 0. The van der Waals surface area contributed by atoms with Crippen molar-refractivity contribution >= 4 is 17.9 Å². The fourth-order valence-electron chi connectivity index (χ4n) is 6.72. The highest BCUT2D eigenvalue weighted by atomic mass is 16.6. The summed E-state index contributed by atoms with van der Waals surface area (Å²) in [5.74, 6) is -0.957. The Morgan fingerprint density at radius 2 is 0.683 bits per heavy atom. The van der Waals surface area contributed by atoms with E-state index in [4.69, 9.17) is 14.2 Å². The van der Waals surface area contributed by atoms with Crippen molar-refractivity contribution in [2.45, 2.75) is 239 Å². The molecule has 0 aliphatic rings. The molecule has 0 aromatic carbocycles. The lowest BCUT2D eigenvalue weighted by Gasteiger charge is -2.18. The predicted octanol–water partition coefficient (Wildman–Crippen LogP) is 16.3. The molecule has 0 rings (SSSR count). The first-order valence-electron chi connectivity index (χ1n) is 25.0. The maximum Gasteiger partial charge on any atom is 0.306 e. The second-order valence-corrected chi connectivity index (χ2v) is 16.4. The maximum atomic E-state index is 12.7. The van der Waals surface area contributed by atoms with Gasteiger partial charge in [-0.3, -0.25) is 14.4 Å². The van der Waals surface area contributed by atoms with Crippen LogP contribution in [-0.2, 0) is 28.6 Å². The monoisotopic (exact) mass is 837 g/mol. The van der Waals surface area contributed by atoms with Crippen LogP contribution >= 0.6 is 0 Å². The summed E-state index contributed by atoms with van der Waals surface area (Å²) in [4.78, 5) is 37.8. The van der Waals surface area contributed by atoms with Gasteiger partial charge >= 0.3 is 17.9 Å². The number of unbranched alkanes of at least 4 members (excludes halogenated alkanes) is 24. The first-order valence-corrected chi connectivity index (χ1v) is 25.0. The van der Waals surface area contributed by atoms with Crippen LogP contribution in [0.1, 0.15) is 233 Å². The Labute approximate surface area is 370 Å². The van der Waals surface area contributed by atoms with E-state index in [1.807, 2.05) is 36.5 Å². The van der Waals surface area contributed by atoms with Gasteiger partial charge in [-0.15, -0.1) is 0 Å². The standard InChI is InChI=1S/C54H92O6/c1-4-7-10-13-16-19-22-24-25-26-27-28-30-32-35-38-41-44-47-53(56)59-50-51(49-58-52(55)46-43-40-37-34-31-21-18-15-12-9-6-3)60-54(57)48-45-42-39-36-33-29-23-20-17-14-11-8-5-2/h8,11,14-15,17-18,20,23,27-29,33,51H,4-7,9-10,12-13,16,19,21-22,24-26,30-32,34-50H2,1-3H3/b11-8-,17-14-,18-15-,23-20-,28-27-,33-29-. The number of ether oxygens (including phenoxy) is 3. The van der Waals surface area contributed by atoms with E-state index >= 15 is 0 Å². The molecular weight excluding hydrogens is 745 g/mol. The zero-order chi connectivity index (χ0) is 43.7. The van der Waals surface area contributed by atoms with Crippen LogP contribution in [0.25, 0.3) is 0 Å². The van der Waals surface area contributed by atoms with E-state index < -0.39 is 6.10 Å². The van der Waals surface area contributed by atoms with Crippen LogP contribution in [0.5, 0.6) is 0 Å². The smallest absolute Gasteiger partial charge is 0.306 e. The SMILES string of the molecule is CC\C=C/C=C\C=C/C=C\CCCCCC(=O)OC(COC(=O)CCCCCCC/C=C\CCCC)COC(=O)CCCCCCC/C=C\CCCCCCCCCCC. The van der Waals surface area contributed by atoms with Gasteiger partial charge < -0.3 is 14.2 Å². The molecule has 60 heavy (non-hydrogen) atoms. The van der Waals surface area contributed by atoms with E-state index in [0.717, 1.165) is 83.5 Å². The van der Waals surface area contributed by atoms with Gasteiger partial charge in [-0.1, -0.05) is 203 Å². The van der Waals surface area contributed by atoms with Crippen LogP contribution in [-0.4, -0.2) is 37.2 Å². The molecule has 0 N–H and O–H groups in total. The van der Waals surface area contributed by atoms with Gasteiger partial charge in [0.15, 0.2) is 6.10 Å². The molecule has 0 aromatic rings. The average Bonchev–Trinajstić information content (AvgIpc) is 3.24. The van der Waals surface area contributed by atoms with Crippen LogP contribution < -0.4 is 0 Å². The lowest BCUT2D eigenvalue weighted by atomic mass is 10.1. The van der Waals surface area contributed by atoms with Crippen molar-refractivity contribution in [1.29, 1.82) is 0 Å². The zero-order valence-electron chi connectivity index (χ0n) is 39.2. The van der Waals surface area contributed by atoms with E-state index in [2.05, 4.69) is 57.2 Å². The van der Waals surface area contributed by atoms with Crippen LogP contribution in [0.15, 0.2) is 72.9 Å². The fraction of sp³-hybridized carbons (Fsp3) is 0.722. The Kier molecular flexibility index (Phi) is 46.0. The van der Waals surface area contributed by atoms with Crippen molar-refractivity contribution < 1.29 is 28.6 Å². The molecule has 0 amide bonds. The number of carbonyl (C=O) groups is 3. The van der Waals surface area contributed by atoms with Gasteiger partial charge in [0.05, 0.1) is 0 Å². The molecule has 0 bridgehead atoms. The largest absolute Gasteiger partial charge is 0.462 e. The van der Waals surface area contributed by atoms with Crippen molar-refractivity contribution in [1.82, 2.24) is 0 Å². The minimum Gasteiger partial charge on any atom is -0.462 e. The molecule has 0 fully saturated rings. The quantitative estimate of drug-likeness (QED) is 0.0200. The van der Waals surface area contributed by atoms with Gasteiger partial charge in [0, 0.05) is 19.3 Å². The fourth-order valence-corrected chi connectivity index (χ4v) is 6.72. The second kappa shape index (κ2) is 48.5. The molecular formula is C54H92O6. The van der Waals surface area contributed by atoms with E-state index in [1.165, 1.54) is 103 Å². The number of allylic oxidation sites excluding steroid dienone is 12. The molecule has 0 heterocycles. The van der Waals surface area contributed by atoms with E-state index in [-0.39, 0.29) is 37.5 Å². The molecule has 0 saturated carbocycles. The second-order valence-electron chi connectivity index (χ2n) is 16.4. The molecule has 344 valence electrons. The average molecular weight is 837 g/mol. The van der Waals surface area contributed by atoms with Gasteiger partial charge in [-0.05, 0) is 83.5 Å². The van der Waals surface area contributed by atoms with Crippen LogP contribution in [0, 0.1) is 0 Å². The molecule has 0 radical (unpaired) electrons.